The molecule has 0 amide bonds. The van der Waals surface area contributed by atoms with Crippen LogP contribution in [-0.2, 0) is 13.1 Å². The Labute approximate surface area is 167 Å². The highest BCUT2D eigenvalue weighted by atomic mass is 35.5. The molecule has 146 valence electrons. The maximum atomic E-state index is 6.00. The van der Waals surface area contributed by atoms with Crippen molar-refractivity contribution in [2.24, 2.45) is 0 Å². The summed E-state index contributed by atoms with van der Waals surface area (Å²) >= 11 is 6.00. The van der Waals surface area contributed by atoms with Gasteiger partial charge in [0.25, 0.3) is 0 Å². The van der Waals surface area contributed by atoms with Gasteiger partial charge in [0.2, 0.25) is 0 Å². The molecule has 0 radical (unpaired) electrons. The van der Waals surface area contributed by atoms with Gasteiger partial charge in [-0.3, -0.25) is 9.80 Å². The van der Waals surface area contributed by atoms with Crippen LogP contribution in [0.1, 0.15) is 37.0 Å². The van der Waals surface area contributed by atoms with Crippen LogP contribution >= 0.6 is 11.6 Å². The molecule has 1 N–H and O–H groups in total. The molecule has 0 spiro atoms. The van der Waals surface area contributed by atoms with Crippen molar-refractivity contribution in [1.29, 1.82) is 0 Å². The third-order valence-electron chi connectivity index (χ3n) is 5.84. The van der Waals surface area contributed by atoms with E-state index in [0.29, 0.717) is 12.1 Å². The van der Waals surface area contributed by atoms with Crippen molar-refractivity contribution >= 4 is 11.6 Å². The summed E-state index contributed by atoms with van der Waals surface area (Å²) < 4.78 is 5.48. The van der Waals surface area contributed by atoms with E-state index in [2.05, 4.69) is 33.3 Å². The minimum atomic E-state index is 0.618. The maximum Gasteiger partial charge on any atom is 0.117 e. The Hall–Kier alpha value is -1.33. The molecule has 2 aromatic rings. The van der Waals surface area contributed by atoms with Gasteiger partial charge >= 0.3 is 0 Å². The molecule has 3 heterocycles. The fourth-order valence-electron chi connectivity index (χ4n) is 4.40. The topological polar surface area (TPSA) is 31.6 Å². The maximum absolute atomic E-state index is 6.00. The van der Waals surface area contributed by atoms with Gasteiger partial charge in [-0.25, -0.2) is 0 Å². The number of nitrogens with zero attached hydrogens (tertiary/aromatic N) is 2. The minimum Gasteiger partial charge on any atom is -0.468 e. The molecule has 5 heteroatoms. The number of piperidine rings is 2. The second kappa shape index (κ2) is 9.24. The lowest BCUT2D eigenvalue weighted by Gasteiger charge is -2.38. The zero-order valence-corrected chi connectivity index (χ0v) is 16.7. The number of benzene rings is 1. The highest BCUT2D eigenvalue weighted by Gasteiger charge is 2.25. The summed E-state index contributed by atoms with van der Waals surface area (Å²) in [5.41, 5.74) is 1.35. The molecule has 27 heavy (non-hydrogen) atoms. The van der Waals surface area contributed by atoms with Gasteiger partial charge in [-0.05, 0) is 62.1 Å². The molecule has 0 bridgehead atoms. The summed E-state index contributed by atoms with van der Waals surface area (Å²) in [6.07, 6.45) is 6.80. The first kappa shape index (κ1) is 19.0. The van der Waals surface area contributed by atoms with Gasteiger partial charge in [0.05, 0.1) is 12.8 Å². The predicted molar refractivity (Wildman–Crippen MR) is 110 cm³/mol. The van der Waals surface area contributed by atoms with Gasteiger partial charge in [-0.1, -0.05) is 23.7 Å². The quantitative estimate of drug-likeness (QED) is 0.806. The van der Waals surface area contributed by atoms with Crippen LogP contribution in [-0.4, -0.2) is 48.1 Å². The number of hydrogen-bond acceptors (Lipinski definition) is 4. The van der Waals surface area contributed by atoms with E-state index in [-0.39, 0.29) is 0 Å². The van der Waals surface area contributed by atoms with Gasteiger partial charge in [0, 0.05) is 43.3 Å². The Balaban J connectivity index is 1.21. The Morgan fingerprint density at radius 3 is 2.48 bits per heavy atom. The Bertz CT molecular complexity index is 680. The van der Waals surface area contributed by atoms with Crippen molar-refractivity contribution in [1.82, 2.24) is 15.1 Å². The van der Waals surface area contributed by atoms with Crippen molar-refractivity contribution in [3.63, 3.8) is 0 Å². The lowest BCUT2D eigenvalue weighted by atomic mass is 9.99. The molecule has 1 aromatic heterocycles. The van der Waals surface area contributed by atoms with E-state index in [1.807, 2.05) is 18.2 Å². The summed E-state index contributed by atoms with van der Waals surface area (Å²) in [7, 11) is 0. The summed E-state index contributed by atoms with van der Waals surface area (Å²) in [6.45, 7) is 6.62. The third kappa shape index (κ3) is 5.58. The van der Waals surface area contributed by atoms with E-state index in [9.17, 15) is 0 Å². The molecule has 4 nitrogen and oxygen atoms in total. The lowest BCUT2D eigenvalue weighted by molar-refractivity contribution is 0.142. The van der Waals surface area contributed by atoms with E-state index in [0.717, 1.165) is 43.5 Å². The fraction of sp³-hybridized carbons (Fsp3) is 0.545. The number of nitrogens with one attached hydrogen (secondary N) is 1. The van der Waals surface area contributed by atoms with Crippen molar-refractivity contribution in [3.05, 3.63) is 59.0 Å². The first-order chi connectivity index (χ1) is 13.2. The standard InChI is InChI=1S/C22H30ClN3O/c23-19-7-5-18(6-8-19)15-26-11-1-3-21(16-26)24-20-9-12-25(13-10-20)17-22-4-2-14-27-22/h2,4-8,14,20-21,24H,1,3,9-13,15-17H2/t21-/m0/s1. The van der Waals surface area contributed by atoms with Crippen LogP contribution in [0.5, 0.6) is 0 Å². The van der Waals surface area contributed by atoms with Crippen molar-refractivity contribution in [2.45, 2.75) is 50.9 Å². The summed E-state index contributed by atoms with van der Waals surface area (Å²) in [5, 5.41) is 4.76. The molecule has 0 saturated carbocycles. The molecule has 1 atom stereocenters. The average Bonchev–Trinajstić information content (AvgIpc) is 3.19. The molecule has 2 aliphatic heterocycles. The predicted octanol–water partition coefficient (Wildman–Crippen LogP) is 4.15. The molecular weight excluding hydrogens is 358 g/mol. The van der Waals surface area contributed by atoms with Gasteiger partial charge in [0.1, 0.15) is 5.76 Å². The van der Waals surface area contributed by atoms with Crippen molar-refractivity contribution < 1.29 is 4.42 Å². The van der Waals surface area contributed by atoms with Gasteiger partial charge < -0.3 is 9.73 Å². The van der Waals surface area contributed by atoms with Crippen LogP contribution in [0.4, 0.5) is 0 Å². The zero-order chi connectivity index (χ0) is 18.5. The second-order valence-corrected chi connectivity index (χ2v) is 8.43. The molecule has 2 aliphatic rings. The largest absolute Gasteiger partial charge is 0.468 e. The van der Waals surface area contributed by atoms with Crippen LogP contribution in [0.2, 0.25) is 5.02 Å². The SMILES string of the molecule is Clc1ccc(CN2CCC[C@H](NC3CCN(Cc4ccco4)CC3)C2)cc1. The molecular formula is C22H30ClN3O. The monoisotopic (exact) mass is 387 g/mol. The van der Waals surface area contributed by atoms with Crippen LogP contribution in [0.15, 0.2) is 47.1 Å². The number of likely N-dealkylation sites (tertiary alicyclic amines) is 2. The minimum absolute atomic E-state index is 0.618. The van der Waals surface area contributed by atoms with Gasteiger partial charge in [0.15, 0.2) is 0 Å². The fourth-order valence-corrected chi connectivity index (χ4v) is 4.52. The Kier molecular flexibility index (Phi) is 6.51. The normalized spacial score (nSPS) is 22.9. The summed E-state index contributed by atoms with van der Waals surface area (Å²) in [6, 6.07) is 13.6. The van der Waals surface area contributed by atoms with E-state index in [1.165, 1.54) is 37.8 Å². The van der Waals surface area contributed by atoms with Crippen molar-refractivity contribution in [3.8, 4) is 0 Å². The highest BCUT2D eigenvalue weighted by molar-refractivity contribution is 6.30. The molecule has 2 fully saturated rings. The Morgan fingerprint density at radius 1 is 0.926 bits per heavy atom. The highest BCUT2D eigenvalue weighted by Crippen LogP contribution is 2.19. The van der Waals surface area contributed by atoms with E-state index in [4.69, 9.17) is 16.0 Å². The zero-order valence-electron chi connectivity index (χ0n) is 15.9. The smallest absolute Gasteiger partial charge is 0.117 e. The van der Waals surface area contributed by atoms with E-state index in [1.54, 1.807) is 6.26 Å². The molecule has 4 rings (SSSR count). The summed E-state index contributed by atoms with van der Waals surface area (Å²) in [4.78, 5) is 5.08. The van der Waals surface area contributed by atoms with Gasteiger partial charge in [-0.2, -0.15) is 0 Å². The number of halogens is 1. The van der Waals surface area contributed by atoms with Crippen LogP contribution in [0.25, 0.3) is 0 Å². The van der Waals surface area contributed by atoms with Crippen LogP contribution in [0, 0.1) is 0 Å². The first-order valence-corrected chi connectivity index (χ1v) is 10.6. The average molecular weight is 388 g/mol. The lowest BCUT2D eigenvalue weighted by Crippen LogP contribution is -2.51. The Morgan fingerprint density at radius 2 is 1.74 bits per heavy atom. The number of hydrogen-bond donors (Lipinski definition) is 1. The third-order valence-corrected chi connectivity index (χ3v) is 6.10. The second-order valence-electron chi connectivity index (χ2n) is 8.00. The first-order valence-electron chi connectivity index (χ1n) is 10.2. The molecule has 0 aliphatic carbocycles. The van der Waals surface area contributed by atoms with Crippen molar-refractivity contribution in [2.75, 3.05) is 26.2 Å². The number of furan rings is 1. The van der Waals surface area contributed by atoms with Crippen LogP contribution in [0.3, 0.4) is 0 Å². The van der Waals surface area contributed by atoms with Crippen LogP contribution < -0.4 is 5.32 Å². The summed E-state index contributed by atoms with van der Waals surface area (Å²) in [5.74, 6) is 1.08. The van der Waals surface area contributed by atoms with E-state index < -0.39 is 0 Å². The molecule has 2 saturated heterocycles. The van der Waals surface area contributed by atoms with E-state index >= 15 is 0 Å². The molecule has 0 unspecified atom stereocenters. The number of rotatable bonds is 6. The molecule has 1 aromatic carbocycles. The van der Waals surface area contributed by atoms with Gasteiger partial charge in [-0.15, -0.1) is 0 Å².